The van der Waals surface area contributed by atoms with E-state index in [0.717, 1.165) is 49.9 Å². The average Bonchev–Trinajstić information content (AvgIpc) is 2.93. The fraction of sp³-hybridized carbons (Fsp3) is 0.393. The molecule has 9 heteroatoms. The van der Waals surface area contributed by atoms with Crippen LogP contribution in [0, 0.1) is 0 Å². The van der Waals surface area contributed by atoms with Crippen LogP contribution in [0.5, 0.6) is 0 Å². The first kappa shape index (κ1) is 25.5. The van der Waals surface area contributed by atoms with Gasteiger partial charge in [-0.25, -0.2) is 0 Å². The number of anilines is 4. The number of piperazine rings is 1. The summed E-state index contributed by atoms with van der Waals surface area (Å²) in [4.78, 5) is 17.0. The normalized spacial score (nSPS) is 18.0. The topological polar surface area (TPSA) is 59.6 Å². The first-order valence-corrected chi connectivity index (χ1v) is 13.8. The van der Waals surface area contributed by atoms with Crippen molar-refractivity contribution in [1.29, 1.82) is 0 Å². The van der Waals surface area contributed by atoms with E-state index >= 15 is 0 Å². The predicted molar refractivity (Wildman–Crippen MR) is 158 cm³/mol. The molecule has 1 aromatic heterocycles. The number of aromatic nitrogens is 2. The number of hydrogen-bond acceptors (Lipinski definition) is 6. The van der Waals surface area contributed by atoms with Gasteiger partial charge in [0.1, 0.15) is 11.6 Å². The summed E-state index contributed by atoms with van der Waals surface area (Å²) in [6, 6.07) is 21.0. The lowest BCUT2D eigenvalue weighted by Gasteiger charge is -2.38. The SMILES string of the molecule is C[C@H]1CCCCN1c1cc(N2CCN(c3ccccc3)CC2)nc(NC(=S)NCc2ccccc2Cl)n1. The average molecular weight is 536 g/mol. The highest BCUT2D eigenvalue weighted by Crippen LogP contribution is 2.28. The van der Waals surface area contributed by atoms with Gasteiger partial charge >= 0.3 is 0 Å². The Hall–Kier alpha value is -3.10. The number of hydrogen-bond donors (Lipinski definition) is 2. The first-order chi connectivity index (χ1) is 18.1. The Balaban J connectivity index is 1.32. The molecule has 2 N–H and O–H groups in total. The van der Waals surface area contributed by atoms with Crippen molar-refractivity contribution in [1.82, 2.24) is 15.3 Å². The third-order valence-electron chi connectivity index (χ3n) is 7.14. The number of rotatable bonds is 6. The van der Waals surface area contributed by atoms with Gasteiger partial charge in [0.25, 0.3) is 0 Å². The molecule has 0 saturated carbocycles. The molecular formula is C28H34ClN7S. The molecule has 0 amide bonds. The van der Waals surface area contributed by atoms with E-state index in [4.69, 9.17) is 33.8 Å². The van der Waals surface area contributed by atoms with Crippen LogP contribution in [-0.2, 0) is 6.54 Å². The smallest absolute Gasteiger partial charge is 0.232 e. The largest absolute Gasteiger partial charge is 0.368 e. The third-order valence-corrected chi connectivity index (χ3v) is 7.76. The highest BCUT2D eigenvalue weighted by molar-refractivity contribution is 7.80. The standard InChI is InChI=1S/C28H34ClN7S/c1-21-9-7-8-14-36(21)26-19-25(35-17-15-34(16-18-35)23-11-3-2-4-12-23)31-27(32-26)33-28(37)30-20-22-10-5-6-13-24(22)29/h2-6,10-13,19,21H,7-9,14-18,20H2,1H3,(H2,30,31,32,33,37)/t21-/m0/s1. The predicted octanol–water partition coefficient (Wildman–Crippen LogP) is 5.32. The van der Waals surface area contributed by atoms with Crippen molar-refractivity contribution in [3.63, 3.8) is 0 Å². The van der Waals surface area contributed by atoms with Gasteiger partial charge in [-0.3, -0.25) is 0 Å². The second-order valence-corrected chi connectivity index (χ2v) is 10.5. The fourth-order valence-corrected chi connectivity index (χ4v) is 5.39. The molecule has 2 aromatic carbocycles. The minimum Gasteiger partial charge on any atom is -0.368 e. The molecule has 2 fully saturated rings. The highest BCUT2D eigenvalue weighted by Gasteiger charge is 2.24. The molecule has 0 aliphatic carbocycles. The molecule has 5 rings (SSSR count). The van der Waals surface area contributed by atoms with Gasteiger partial charge in [0.2, 0.25) is 5.95 Å². The van der Waals surface area contributed by atoms with Crippen molar-refractivity contribution in [2.24, 2.45) is 0 Å². The number of piperidine rings is 1. The van der Waals surface area contributed by atoms with Crippen LogP contribution in [0.4, 0.5) is 23.3 Å². The van der Waals surface area contributed by atoms with Crippen molar-refractivity contribution < 1.29 is 0 Å². The van der Waals surface area contributed by atoms with E-state index in [-0.39, 0.29) is 0 Å². The number of nitrogens with zero attached hydrogens (tertiary/aromatic N) is 5. The van der Waals surface area contributed by atoms with Gasteiger partial charge in [-0.2, -0.15) is 9.97 Å². The molecule has 0 spiro atoms. The van der Waals surface area contributed by atoms with Gasteiger partial charge < -0.3 is 25.3 Å². The number of thiocarbonyl (C=S) groups is 1. The molecule has 0 bridgehead atoms. The Kier molecular flexibility index (Phi) is 8.26. The Labute approximate surface area is 229 Å². The molecule has 0 radical (unpaired) electrons. The van der Waals surface area contributed by atoms with E-state index in [9.17, 15) is 0 Å². The lowest BCUT2D eigenvalue weighted by atomic mass is 10.0. The molecule has 0 unspecified atom stereocenters. The maximum Gasteiger partial charge on any atom is 0.232 e. The van der Waals surface area contributed by atoms with Gasteiger partial charge in [-0.05, 0) is 62.2 Å². The summed E-state index contributed by atoms with van der Waals surface area (Å²) >= 11 is 11.9. The molecule has 7 nitrogen and oxygen atoms in total. The summed E-state index contributed by atoms with van der Waals surface area (Å²) in [5.74, 6) is 2.42. The number of benzene rings is 2. The van der Waals surface area contributed by atoms with E-state index in [1.807, 2.05) is 24.3 Å². The summed E-state index contributed by atoms with van der Waals surface area (Å²) in [7, 11) is 0. The van der Waals surface area contributed by atoms with Crippen LogP contribution in [-0.4, -0.2) is 53.8 Å². The summed E-state index contributed by atoms with van der Waals surface area (Å²) < 4.78 is 0. The molecule has 3 aromatic rings. The van der Waals surface area contributed by atoms with Crippen LogP contribution in [0.25, 0.3) is 0 Å². The summed E-state index contributed by atoms with van der Waals surface area (Å²) in [5.41, 5.74) is 2.26. The van der Waals surface area contributed by atoms with Gasteiger partial charge in [0.05, 0.1) is 0 Å². The highest BCUT2D eigenvalue weighted by atomic mass is 35.5. The molecule has 2 aliphatic heterocycles. The van der Waals surface area contributed by atoms with E-state index < -0.39 is 0 Å². The second-order valence-electron chi connectivity index (χ2n) is 9.65. The van der Waals surface area contributed by atoms with Crippen molar-refractivity contribution in [2.75, 3.05) is 52.7 Å². The molecule has 2 aliphatic rings. The zero-order valence-corrected chi connectivity index (χ0v) is 22.8. The van der Waals surface area contributed by atoms with Gasteiger partial charge in [0.15, 0.2) is 5.11 Å². The summed E-state index contributed by atoms with van der Waals surface area (Å²) in [5, 5.41) is 7.66. The molecular weight excluding hydrogens is 502 g/mol. The van der Waals surface area contributed by atoms with Gasteiger partial charge in [-0.15, -0.1) is 0 Å². The summed E-state index contributed by atoms with van der Waals surface area (Å²) in [6.45, 7) is 7.51. The van der Waals surface area contributed by atoms with Crippen LogP contribution in [0.2, 0.25) is 5.02 Å². The Morgan fingerprint density at radius 1 is 0.919 bits per heavy atom. The molecule has 37 heavy (non-hydrogen) atoms. The molecule has 1 atom stereocenters. The van der Waals surface area contributed by atoms with Crippen molar-refractivity contribution in [3.8, 4) is 0 Å². The van der Waals surface area contributed by atoms with Crippen molar-refractivity contribution in [3.05, 3.63) is 71.2 Å². The lowest BCUT2D eigenvalue weighted by Crippen LogP contribution is -2.47. The minimum atomic E-state index is 0.449. The Bertz CT molecular complexity index is 1200. The number of para-hydroxylation sites is 1. The first-order valence-electron chi connectivity index (χ1n) is 13.1. The summed E-state index contributed by atoms with van der Waals surface area (Å²) in [6.07, 6.45) is 3.62. The number of halogens is 1. The minimum absolute atomic E-state index is 0.449. The quantitative estimate of drug-likeness (QED) is 0.411. The van der Waals surface area contributed by atoms with E-state index in [1.54, 1.807) is 0 Å². The van der Waals surface area contributed by atoms with E-state index in [2.05, 4.69) is 68.7 Å². The molecule has 194 valence electrons. The van der Waals surface area contributed by atoms with Crippen molar-refractivity contribution >= 4 is 52.2 Å². The third kappa shape index (κ3) is 6.43. The van der Waals surface area contributed by atoms with Crippen LogP contribution in [0.15, 0.2) is 60.7 Å². The zero-order valence-electron chi connectivity index (χ0n) is 21.2. The van der Waals surface area contributed by atoms with E-state index in [0.29, 0.717) is 28.7 Å². The van der Waals surface area contributed by atoms with Crippen LogP contribution in [0.3, 0.4) is 0 Å². The maximum absolute atomic E-state index is 6.30. The fourth-order valence-electron chi connectivity index (χ4n) is 5.02. The molecule has 2 saturated heterocycles. The zero-order chi connectivity index (χ0) is 25.6. The van der Waals surface area contributed by atoms with Gasteiger partial charge in [0, 0.05) is 62.1 Å². The van der Waals surface area contributed by atoms with Crippen LogP contribution >= 0.6 is 23.8 Å². The Morgan fingerprint density at radius 2 is 1.62 bits per heavy atom. The second kappa shape index (κ2) is 12.0. The van der Waals surface area contributed by atoms with E-state index in [1.165, 1.54) is 24.9 Å². The number of nitrogens with one attached hydrogen (secondary N) is 2. The molecule has 3 heterocycles. The lowest BCUT2D eigenvalue weighted by molar-refractivity contribution is 0.481. The van der Waals surface area contributed by atoms with Crippen LogP contribution < -0.4 is 25.3 Å². The van der Waals surface area contributed by atoms with Gasteiger partial charge in [-0.1, -0.05) is 48.0 Å². The monoisotopic (exact) mass is 535 g/mol. The maximum atomic E-state index is 6.30. The van der Waals surface area contributed by atoms with Crippen LogP contribution in [0.1, 0.15) is 31.7 Å². The Morgan fingerprint density at radius 3 is 2.38 bits per heavy atom. The van der Waals surface area contributed by atoms with Crippen molar-refractivity contribution in [2.45, 2.75) is 38.8 Å².